The van der Waals surface area contributed by atoms with Gasteiger partial charge < -0.3 is 19.9 Å². The molecule has 1 saturated carbocycles. The monoisotopic (exact) mass is 418 g/mol. The highest BCUT2D eigenvalue weighted by Crippen LogP contribution is 2.36. The van der Waals surface area contributed by atoms with Crippen molar-refractivity contribution in [1.82, 2.24) is 10.3 Å². The van der Waals surface area contributed by atoms with Gasteiger partial charge in [-0.3, -0.25) is 9.78 Å². The third-order valence-corrected chi connectivity index (χ3v) is 5.95. The molecule has 2 heterocycles. The summed E-state index contributed by atoms with van der Waals surface area (Å²) in [5.74, 6) is -0.600. The number of pyridine rings is 1. The maximum absolute atomic E-state index is 12.6. The summed E-state index contributed by atoms with van der Waals surface area (Å²) in [5.41, 5.74) is 0.0304. The minimum atomic E-state index is -0.956. The number of aliphatic hydroxyl groups is 1. The average Bonchev–Trinajstić information content (AvgIpc) is 3.08. The average molecular weight is 419 g/mol. The summed E-state index contributed by atoms with van der Waals surface area (Å²) in [7, 11) is 0. The number of amides is 1. The Morgan fingerprint density at radius 2 is 1.93 bits per heavy atom. The van der Waals surface area contributed by atoms with Gasteiger partial charge in [-0.15, -0.1) is 0 Å². The number of rotatable bonds is 6. The van der Waals surface area contributed by atoms with Crippen molar-refractivity contribution in [3.63, 3.8) is 0 Å². The van der Waals surface area contributed by atoms with Gasteiger partial charge >= 0.3 is 12.1 Å². The lowest BCUT2D eigenvalue weighted by Crippen LogP contribution is -2.46. The number of nitrogens with zero attached hydrogens (tertiary/aromatic N) is 1. The maximum Gasteiger partial charge on any atom is 0.408 e. The summed E-state index contributed by atoms with van der Waals surface area (Å²) in [6.07, 6.45) is 8.22. The topological polar surface area (TPSA) is 97.8 Å². The number of carbonyl (C=O) groups is 2. The third kappa shape index (κ3) is 6.17. The van der Waals surface area contributed by atoms with Crippen LogP contribution in [-0.2, 0) is 14.3 Å². The van der Waals surface area contributed by atoms with Crippen molar-refractivity contribution in [2.24, 2.45) is 11.8 Å². The van der Waals surface area contributed by atoms with Gasteiger partial charge in [0.15, 0.2) is 0 Å². The molecule has 0 bridgehead atoms. The van der Waals surface area contributed by atoms with Crippen molar-refractivity contribution < 1.29 is 24.2 Å². The van der Waals surface area contributed by atoms with Crippen LogP contribution in [0.1, 0.15) is 77.4 Å². The zero-order valence-corrected chi connectivity index (χ0v) is 18.2. The fourth-order valence-corrected chi connectivity index (χ4v) is 4.47. The van der Waals surface area contributed by atoms with Gasteiger partial charge in [-0.25, -0.2) is 4.79 Å². The van der Waals surface area contributed by atoms with Crippen LogP contribution in [0.4, 0.5) is 4.79 Å². The zero-order chi connectivity index (χ0) is 21.7. The Labute approximate surface area is 178 Å². The predicted molar refractivity (Wildman–Crippen MR) is 112 cm³/mol. The lowest BCUT2D eigenvalue weighted by Gasteiger charge is -2.31. The van der Waals surface area contributed by atoms with E-state index in [4.69, 9.17) is 9.47 Å². The lowest BCUT2D eigenvalue weighted by atomic mass is 9.82. The fraction of sp³-hybridized carbons (Fsp3) is 0.696. The molecule has 0 radical (unpaired) electrons. The molecule has 4 atom stereocenters. The summed E-state index contributed by atoms with van der Waals surface area (Å²) in [6, 6.07) is 3.06. The van der Waals surface area contributed by atoms with Crippen LogP contribution in [0.5, 0.6) is 0 Å². The van der Waals surface area contributed by atoms with Gasteiger partial charge in [0.2, 0.25) is 0 Å². The molecule has 30 heavy (non-hydrogen) atoms. The SMILES string of the molecule is CC(C)(C)OC(=O)N[C@@H](CC1CCCCC1)[C@@H]1CC(C(O)c2ccncc2)C(=O)O1. The fourth-order valence-electron chi connectivity index (χ4n) is 4.47. The molecular formula is C23H34N2O5. The van der Waals surface area contributed by atoms with Crippen molar-refractivity contribution in [3.8, 4) is 0 Å². The van der Waals surface area contributed by atoms with Crippen LogP contribution in [0.3, 0.4) is 0 Å². The molecule has 1 aromatic heterocycles. The van der Waals surface area contributed by atoms with Crippen LogP contribution in [-0.4, -0.2) is 39.9 Å². The Bertz CT molecular complexity index is 712. The molecule has 2 aliphatic rings. The third-order valence-electron chi connectivity index (χ3n) is 5.95. The number of carbonyl (C=O) groups excluding carboxylic acids is 2. The van der Waals surface area contributed by atoms with Crippen LogP contribution in [0.15, 0.2) is 24.5 Å². The van der Waals surface area contributed by atoms with Crippen molar-refractivity contribution >= 4 is 12.1 Å². The lowest BCUT2D eigenvalue weighted by molar-refractivity contribution is -0.147. The van der Waals surface area contributed by atoms with Gasteiger partial charge in [-0.2, -0.15) is 0 Å². The number of esters is 1. The van der Waals surface area contributed by atoms with Gasteiger partial charge in [-0.1, -0.05) is 32.1 Å². The molecule has 2 N–H and O–H groups in total. The molecule has 3 rings (SSSR count). The van der Waals surface area contributed by atoms with E-state index < -0.39 is 35.8 Å². The second kappa shape index (κ2) is 9.77. The van der Waals surface area contributed by atoms with E-state index in [-0.39, 0.29) is 6.04 Å². The predicted octanol–water partition coefficient (Wildman–Crippen LogP) is 3.91. The van der Waals surface area contributed by atoms with Crippen molar-refractivity contribution in [3.05, 3.63) is 30.1 Å². The van der Waals surface area contributed by atoms with E-state index in [1.54, 1.807) is 24.5 Å². The highest BCUT2D eigenvalue weighted by atomic mass is 16.6. The molecule has 7 heteroatoms. The normalized spacial score (nSPS) is 24.7. The number of hydrogen-bond donors (Lipinski definition) is 2. The second-order valence-electron chi connectivity index (χ2n) is 9.54. The molecule has 0 spiro atoms. The van der Waals surface area contributed by atoms with E-state index >= 15 is 0 Å². The van der Waals surface area contributed by atoms with E-state index in [1.807, 2.05) is 20.8 Å². The highest BCUT2D eigenvalue weighted by Gasteiger charge is 2.44. The Kier molecular flexibility index (Phi) is 7.34. The first-order valence-corrected chi connectivity index (χ1v) is 11.0. The minimum Gasteiger partial charge on any atom is -0.460 e. The molecule has 1 amide bonds. The number of ether oxygens (including phenoxy) is 2. The number of aliphatic hydroxyl groups excluding tert-OH is 1. The summed E-state index contributed by atoms with van der Waals surface area (Å²) in [5, 5.41) is 13.7. The molecule has 0 aromatic carbocycles. The second-order valence-corrected chi connectivity index (χ2v) is 9.54. The molecular weight excluding hydrogens is 384 g/mol. The molecule has 1 aliphatic heterocycles. The van der Waals surface area contributed by atoms with Crippen molar-refractivity contribution in [1.29, 1.82) is 0 Å². The van der Waals surface area contributed by atoms with E-state index in [9.17, 15) is 14.7 Å². The van der Waals surface area contributed by atoms with Crippen molar-refractivity contribution in [2.45, 2.75) is 89.6 Å². The summed E-state index contributed by atoms with van der Waals surface area (Å²) in [6.45, 7) is 5.46. The first-order valence-electron chi connectivity index (χ1n) is 11.0. The Balaban J connectivity index is 1.70. The molecule has 7 nitrogen and oxygen atoms in total. The molecule has 1 aromatic rings. The molecule has 1 saturated heterocycles. The molecule has 2 fully saturated rings. The van der Waals surface area contributed by atoms with E-state index in [2.05, 4.69) is 10.3 Å². The van der Waals surface area contributed by atoms with Crippen LogP contribution in [0, 0.1) is 11.8 Å². The van der Waals surface area contributed by atoms with E-state index in [1.165, 1.54) is 19.3 Å². The summed E-state index contributed by atoms with van der Waals surface area (Å²) < 4.78 is 11.1. The number of alkyl carbamates (subject to hydrolysis) is 1. The van der Waals surface area contributed by atoms with Gasteiger partial charge in [0.1, 0.15) is 11.7 Å². The largest absolute Gasteiger partial charge is 0.460 e. The highest BCUT2D eigenvalue weighted by molar-refractivity contribution is 5.76. The molecule has 1 aliphatic carbocycles. The van der Waals surface area contributed by atoms with Crippen LogP contribution in [0.2, 0.25) is 0 Å². The minimum absolute atomic E-state index is 0.332. The standard InChI is InChI=1S/C23H34N2O5/c1-23(2,3)30-22(28)25-18(13-15-7-5-4-6-8-15)19-14-17(21(27)29-19)20(26)16-9-11-24-12-10-16/h9-12,15,17-20,26H,4-8,13-14H2,1-3H3,(H,25,28)/t17?,18-,19-,20?/m0/s1. The Hall–Kier alpha value is -2.15. The first kappa shape index (κ1) is 22.5. The number of aromatic nitrogens is 1. The van der Waals surface area contributed by atoms with Gasteiger partial charge in [0, 0.05) is 18.8 Å². The smallest absolute Gasteiger partial charge is 0.408 e. The van der Waals surface area contributed by atoms with Crippen LogP contribution < -0.4 is 5.32 Å². The van der Waals surface area contributed by atoms with E-state index in [0.29, 0.717) is 17.9 Å². The molecule has 166 valence electrons. The van der Waals surface area contributed by atoms with Crippen LogP contribution in [0.25, 0.3) is 0 Å². The summed E-state index contributed by atoms with van der Waals surface area (Å²) >= 11 is 0. The van der Waals surface area contributed by atoms with Gasteiger partial charge in [-0.05, 0) is 50.8 Å². The number of hydrogen-bond acceptors (Lipinski definition) is 6. The maximum atomic E-state index is 12.6. The Morgan fingerprint density at radius 3 is 2.57 bits per heavy atom. The first-order chi connectivity index (χ1) is 14.2. The molecule has 2 unspecified atom stereocenters. The van der Waals surface area contributed by atoms with Crippen LogP contribution >= 0.6 is 0 Å². The zero-order valence-electron chi connectivity index (χ0n) is 18.2. The van der Waals surface area contributed by atoms with E-state index in [0.717, 1.165) is 19.3 Å². The summed E-state index contributed by atoms with van der Waals surface area (Å²) in [4.78, 5) is 29.0. The number of nitrogens with one attached hydrogen (secondary N) is 1. The number of cyclic esters (lactones) is 1. The quantitative estimate of drug-likeness (QED) is 0.680. The van der Waals surface area contributed by atoms with Crippen molar-refractivity contribution in [2.75, 3.05) is 0 Å². The Morgan fingerprint density at radius 1 is 1.27 bits per heavy atom. The van der Waals surface area contributed by atoms with Gasteiger partial charge in [0.25, 0.3) is 0 Å². The van der Waals surface area contributed by atoms with Gasteiger partial charge in [0.05, 0.1) is 18.1 Å².